The Labute approximate surface area is 73.1 Å². The summed E-state index contributed by atoms with van der Waals surface area (Å²) in [5.41, 5.74) is 0.912. The molecule has 0 saturated carbocycles. The number of hydrogen-bond acceptors (Lipinski definition) is 1. The highest BCUT2D eigenvalue weighted by Gasteiger charge is 2.15. The molecule has 0 amide bonds. The molecule has 0 N–H and O–H groups in total. The molecule has 0 aromatic rings. The molecule has 1 rings (SSSR count). The molecule has 58 valence electrons. The third-order valence-corrected chi connectivity index (χ3v) is 2.51. The molecule has 0 aliphatic heterocycles. The fourth-order valence-electron chi connectivity index (χ4n) is 0.940. The van der Waals surface area contributed by atoms with Gasteiger partial charge in [-0.25, -0.2) is 0 Å². The van der Waals surface area contributed by atoms with Gasteiger partial charge in [0.1, 0.15) is 4.91 Å². The van der Waals surface area contributed by atoms with Crippen molar-refractivity contribution >= 4 is 11.8 Å². The Morgan fingerprint density at radius 2 is 2.27 bits per heavy atom. The highest BCUT2D eigenvalue weighted by Crippen LogP contribution is 2.30. The third-order valence-electron chi connectivity index (χ3n) is 1.38. The van der Waals surface area contributed by atoms with Crippen LogP contribution in [0.5, 0.6) is 0 Å². The van der Waals surface area contributed by atoms with Crippen LogP contribution in [0.15, 0.2) is 28.7 Å². The van der Waals surface area contributed by atoms with Crippen LogP contribution >= 0.6 is 11.8 Å². The quantitative estimate of drug-likeness (QED) is 0.565. The number of hydrogen-bond donors (Lipinski definition) is 0. The Kier molecular flexibility index (Phi) is 2.92. The van der Waals surface area contributed by atoms with Gasteiger partial charge >= 0.3 is 0 Å². The first-order valence-corrected chi connectivity index (χ1v) is 4.74. The summed E-state index contributed by atoms with van der Waals surface area (Å²) in [5, 5.41) is 0.617. The Morgan fingerprint density at radius 3 is 2.82 bits per heavy atom. The minimum atomic E-state index is 0.617. The minimum Gasteiger partial charge on any atom is -0.0524 e. The van der Waals surface area contributed by atoms with Crippen LogP contribution in [0.4, 0.5) is 0 Å². The van der Waals surface area contributed by atoms with Gasteiger partial charge in [0, 0.05) is 18.2 Å². The van der Waals surface area contributed by atoms with Crippen molar-refractivity contribution < 1.29 is 0 Å². The summed E-state index contributed by atoms with van der Waals surface area (Å²) in [5.74, 6) is 0. The van der Waals surface area contributed by atoms with Gasteiger partial charge in [-0.2, -0.15) is 0 Å². The number of thioether (sulfide) groups is 1. The van der Waals surface area contributed by atoms with E-state index in [4.69, 9.17) is 6.58 Å². The lowest BCUT2D eigenvalue weighted by Gasteiger charge is -2.03. The summed E-state index contributed by atoms with van der Waals surface area (Å²) in [7, 11) is 0. The van der Waals surface area contributed by atoms with E-state index < -0.39 is 0 Å². The normalized spacial score (nSPS) is 17.3. The summed E-state index contributed by atoms with van der Waals surface area (Å²) in [6.45, 7) is 10.1. The molecule has 1 aliphatic rings. The van der Waals surface area contributed by atoms with Gasteiger partial charge in [-0.1, -0.05) is 25.6 Å². The zero-order valence-electron chi connectivity index (χ0n) is 7.00. The predicted octanol–water partition coefficient (Wildman–Crippen LogP) is 3.33. The number of allylic oxidation sites excluding steroid dienone is 4. The molecule has 1 heteroatoms. The molecular weight excluding hydrogens is 152 g/mol. The lowest BCUT2D eigenvalue weighted by atomic mass is 10.1. The van der Waals surface area contributed by atoms with Gasteiger partial charge in [0.05, 0.1) is 6.08 Å². The molecule has 0 atom stereocenters. The molecule has 0 radical (unpaired) electrons. The first-order chi connectivity index (χ1) is 5.20. The standard InChI is InChI=1S/C10H13S/c1-8(2)11-10-7-5-4-6-9(10)3/h3-4,6-8H,5H2,1-2H3/q+1. The molecular formula is C10H13S+. The fraction of sp³-hybridized carbons (Fsp3) is 0.400. The van der Waals surface area contributed by atoms with Gasteiger partial charge in [0.15, 0.2) is 5.57 Å². The molecule has 1 aliphatic carbocycles. The van der Waals surface area contributed by atoms with E-state index in [1.165, 1.54) is 4.91 Å². The van der Waals surface area contributed by atoms with Crippen molar-refractivity contribution in [2.45, 2.75) is 25.5 Å². The maximum absolute atomic E-state index is 5.77. The van der Waals surface area contributed by atoms with Crippen LogP contribution in [0, 0.1) is 6.58 Å². The summed E-state index contributed by atoms with van der Waals surface area (Å²) in [4.78, 5) is 1.24. The monoisotopic (exact) mass is 165 g/mol. The fourth-order valence-corrected chi connectivity index (χ4v) is 1.84. The SMILES string of the molecule is [CH+]=C1C=CCC=C1SC(C)C. The second-order valence-corrected chi connectivity index (χ2v) is 4.45. The van der Waals surface area contributed by atoms with E-state index in [0.29, 0.717) is 5.25 Å². The first kappa shape index (κ1) is 8.58. The molecule has 0 bridgehead atoms. The van der Waals surface area contributed by atoms with Crippen molar-refractivity contribution in [3.63, 3.8) is 0 Å². The molecule has 0 aromatic carbocycles. The van der Waals surface area contributed by atoms with Crippen LogP contribution in [0.3, 0.4) is 0 Å². The highest BCUT2D eigenvalue weighted by molar-refractivity contribution is 8.03. The summed E-state index contributed by atoms with van der Waals surface area (Å²) in [6, 6.07) is 0. The Morgan fingerprint density at radius 1 is 1.55 bits per heavy atom. The van der Waals surface area contributed by atoms with Crippen LogP contribution in [0.2, 0.25) is 0 Å². The van der Waals surface area contributed by atoms with Crippen molar-refractivity contribution in [1.82, 2.24) is 0 Å². The molecule has 0 nitrogen and oxygen atoms in total. The van der Waals surface area contributed by atoms with Crippen LogP contribution in [-0.2, 0) is 0 Å². The predicted molar refractivity (Wildman–Crippen MR) is 52.4 cm³/mol. The molecule has 11 heavy (non-hydrogen) atoms. The Hall–Kier alpha value is -0.520. The zero-order chi connectivity index (χ0) is 8.27. The van der Waals surface area contributed by atoms with Gasteiger partial charge < -0.3 is 0 Å². The average molecular weight is 165 g/mol. The van der Waals surface area contributed by atoms with Gasteiger partial charge in [0.25, 0.3) is 0 Å². The third kappa shape index (κ3) is 2.53. The van der Waals surface area contributed by atoms with E-state index in [2.05, 4.69) is 26.0 Å². The molecule has 0 unspecified atom stereocenters. The molecule has 0 fully saturated rings. The Bertz CT molecular complexity index is 209. The molecule has 0 saturated heterocycles. The van der Waals surface area contributed by atoms with Crippen molar-refractivity contribution in [2.24, 2.45) is 0 Å². The lowest BCUT2D eigenvalue weighted by Crippen LogP contribution is -1.92. The molecule has 0 aromatic heterocycles. The largest absolute Gasteiger partial charge is 0.194 e. The second kappa shape index (κ2) is 3.75. The van der Waals surface area contributed by atoms with E-state index in [1.807, 2.05) is 17.8 Å². The van der Waals surface area contributed by atoms with Crippen molar-refractivity contribution in [1.29, 1.82) is 0 Å². The maximum atomic E-state index is 5.77. The summed E-state index contributed by atoms with van der Waals surface area (Å²) in [6.07, 6.45) is 7.28. The zero-order valence-corrected chi connectivity index (χ0v) is 7.82. The summed E-state index contributed by atoms with van der Waals surface area (Å²) >= 11 is 1.83. The molecule has 0 spiro atoms. The van der Waals surface area contributed by atoms with Crippen molar-refractivity contribution in [3.8, 4) is 0 Å². The van der Waals surface area contributed by atoms with Gasteiger partial charge in [-0.15, -0.1) is 0 Å². The summed E-state index contributed by atoms with van der Waals surface area (Å²) < 4.78 is 0. The lowest BCUT2D eigenvalue weighted by molar-refractivity contribution is 1.12. The Balaban J connectivity index is 2.57. The second-order valence-electron chi connectivity index (χ2n) is 2.83. The van der Waals surface area contributed by atoms with Crippen LogP contribution in [-0.4, -0.2) is 5.25 Å². The van der Waals surface area contributed by atoms with E-state index in [9.17, 15) is 0 Å². The number of rotatable bonds is 2. The van der Waals surface area contributed by atoms with Gasteiger partial charge in [0.2, 0.25) is 0 Å². The van der Waals surface area contributed by atoms with Crippen LogP contribution in [0.25, 0.3) is 0 Å². The minimum absolute atomic E-state index is 0.617. The van der Waals surface area contributed by atoms with E-state index >= 15 is 0 Å². The van der Waals surface area contributed by atoms with E-state index in [-0.39, 0.29) is 0 Å². The van der Waals surface area contributed by atoms with E-state index in [1.54, 1.807) is 0 Å². The van der Waals surface area contributed by atoms with E-state index in [0.717, 1.165) is 12.0 Å². The van der Waals surface area contributed by atoms with Crippen molar-refractivity contribution in [2.75, 3.05) is 0 Å². The highest BCUT2D eigenvalue weighted by atomic mass is 32.2. The van der Waals surface area contributed by atoms with Crippen LogP contribution in [0.1, 0.15) is 20.3 Å². The van der Waals surface area contributed by atoms with Crippen molar-refractivity contribution in [3.05, 3.63) is 35.3 Å². The first-order valence-electron chi connectivity index (χ1n) is 3.86. The van der Waals surface area contributed by atoms with Gasteiger partial charge in [-0.3, -0.25) is 0 Å². The topological polar surface area (TPSA) is 0 Å². The smallest absolute Gasteiger partial charge is 0.0524 e. The van der Waals surface area contributed by atoms with Crippen LogP contribution < -0.4 is 0 Å². The van der Waals surface area contributed by atoms with Gasteiger partial charge in [-0.05, 0) is 12.2 Å². The average Bonchev–Trinajstić information content (AvgIpc) is 1.93. The molecule has 0 heterocycles. The maximum Gasteiger partial charge on any atom is 0.194 e.